The molecule has 0 atom stereocenters. The van der Waals surface area contributed by atoms with Crippen LogP contribution in [0, 0.1) is 0 Å². The van der Waals surface area contributed by atoms with Gasteiger partial charge in [-0.3, -0.25) is 0 Å². The number of hydrogen-bond donors (Lipinski definition) is 2. The molecule has 2 N–H and O–H groups in total. The van der Waals surface area contributed by atoms with Gasteiger partial charge in [0, 0.05) is 14.7 Å². The van der Waals surface area contributed by atoms with Crippen LogP contribution in [0.15, 0.2) is 64.3 Å². The van der Waals surface area contributed by atoms with E-state index in [2.05, 4.69) is 13.2 Å². The van der Waals surface area contributed by atoms with Gasteiger partial charge in [0.25, 0.3) is 0 Å². The maximum absolute atomic E-state index is 9.34. The minimum atomic E-state index is -1.46. The molecule has 1 aromatic carbocycles. The molecule has 0 aromatic heterocycles. The topological polar surface area (TPSA) is 40.5 Å². The van der Waals surface area contributed by atoms with Gasteiger partial charge >= 0.3 is 7.12 Å². The third kappa shape index (κ3) is 3.81. The molecule has 0 spiro atoms. The van der Waals surface area contributed by atoms with E-state index in [0.29, 0.717) is 5.46 Å². The summed E-state index contributed by atoms with van der Waals surface area (Å²) in [5, 5.41) is 18.7. The van der Waals surface area contributed by atoms with Crippen molar-refractivity contribution in [3.05, 3.63) is 54.5 Å². The van der Waals surface area contributed by atoms with Crippen molar-refractivity contribution in [3.63, 3.8) is 0 Å². The molecular weight excluding hydrogens is 263 g/mol. The Bertz CT molecular complexity index is 470. The van der Waals surface area contributed by atoms with E-state index in [4.69, 9.17) is 0 Å². The summed E-state index contributed by atoms with van der Waals surface area (Å²) in [4.78, 5) is 2.81. The van der Waals surface area contributed by atoms with Crippen LogP contribution in [0.4, 0.5) is 0 Å². The van der Waals surface area contributed by atoms with Crippen LogP contribution in [0.3, 0.4) is 0 Å². The minimum absolute atomic E-state index is 0.523. The normalized spacial score (nSPS) is 11.2. The Kier molecular flexibility index (Phi) is 6.36. The Morgan fingerprint density at radius 3 is 2.56 bits per heavy atom. The molecule has 1 rings (SSSR count). The summed E-state index contributed by atoms with van der Waals surface area (Å²) < 4.78 is 0. The number of rotatable bonds is 6. The second kappa shape index (κ2) is 7.54. The van der Waals surface area contributed by atoms with Gasteiger partial charge in [0.1, 0.15) is 0 Å². The monoisotopic (exact) mass is 278 g/mol. The lowest BCUT2D eigenvalue weighted by molar-refractivity contribution is 0.424. The largest absolute Gasteiger partial charge is 0.489 e. The lowest BCUT2D eigenvalue weighted by Crippen LogP contribution is -2.31. The molecule has 0 aliphatic carbocycles. The first-order chi connectivity index (χ1) is 8.63. The number of allylic oxidation sites excluding steroid dienone is 3. The maximum atomic E-state index is 9.34. The van der Waals surface area contributed by atoms with Crippen molar-refractivity contribution in [3.8, 4) is 0 Å². The summed E-state index contributed by atoms with van der Waals surface area (Å²) in [6, 6.07) is 5.47. The average molecular weight is 278 g/mol. The molecule has 0 saturated carbocycles. The highest BCUT2D eigenvalue weighted by atomic mass is 32.2. The summed E-state index contributed by atoms with van der Waals surface area (Å²) in [5.74, 6) is 0. The molecule has 2 nitrogen and oxygen atoms in total. The van der Waals surface area contributed by atoms with Gasteiger partial charge in [-0.2, -0.15) is 0 Å². The van der Waals surface area contributed by atoms with Gasteiger partial charge in [-0.05, 0) is 23.9 Å². The second-order valence-electron chi connectivity index (χ2n) is 3.36. The lowest BCUT2D eigenvalue weighted by atomic mass is 9.80. The van der Waals surface area contributed by atoms with Crippen LogP contribution in [0.5, 0.6) is 0 Å². The Morgan fingerprint density at radius 1 is 1.33 bits per heavy atom. The van der Waals surface area contributed by atoms with E-state index in [-0.39, 0.29) is 0 Å². The summed E-state index contributed by atoms with van der Waals surface area (Å²) in [7, 11) is -1.46. The Hall–Kier alpha value is -0.875. The third-order valence-corrected chi connectivity index (χ3v) is 4.29. The molecule has 94 valence electrons. The van der Waals surface area contributed by atoms with Crippen molar-refractivity contribution in [2.45, 2.75) is 9.79 Å². The minimum Gasteiger partial charge on any atom is -0.423 e. The van der Waals surface area contributed by atoms with Gasteiger partial charge in [-0.1, -0.05) is 49.2 Å². The number of benzene rings is 1. The zero-order valence-corrected chi connectivity index (χ0v) is 11.8. The van der Waals surface area contributed by atoms with Gasteiger partial charge in [0.15, 0.2) is 0 Å². The first kappa shape index (κ1) is 15.2. The highest BCUT2D eigenvalue weighted by molar-refractivity contribution is 8.04. The van der Waals surface area contributed by atoms with Gasteiger partial charge in [0.2, 0.25) is 0 Å². The summed E-state index contributed by atoms with van der Waals surface area (Å²) in [6.45, 7) is 7.40. The van der Waals surface area contributed by atoms with E-state index >= 15 is 0 Å². The average Bonchev–Trinajstić information content (AvgIpc) is 2.37. The van der Waals surface area contributed by atoms with E-state index in [0.717, 1.165) is 14.7 Å². The van der Waals surface area contributed by atoms with E-state index in [1.165, 1.54) is 23.5 Å². The standard InChI is InChI=1S/C13H15BO2S2/c1-4-7-10(5-2)18-12-9-6-8-11(14(15)16)13(12)17-3/h4-9,15-16H,1-2H2,3H3/b10-7+. The summed E-state index contributed by atoms with van der Waals surface area (Å²) in [5.41, 5.74) is 0.523. The molecule has 0 heterocycles. The zero-order valence-electron chi connectivity index (χ0n) is 10.2. The molecule has 0 bridgehead atoms. The van der Waals surface area contributed by atoms with Crippen LogP contribution >= 0.6 is 23.5 Å². The first-order valence-corrected chi connectivity index (χ1v) is 7.34. The van der Waals surface area contributed by atoms with Crippen molar-refractivity contribution in [1.29, 1.82) is 0 Å². The second-order valence-corrected chi connectivity index (χ2v) is 5.30. The fourth-order valence-corrected chi connectivity index (χ4v) is 3.33. The van der Waals surface area contributed by atoms with Crippen LogP contribution in [0.1, 0.15) is 0 Å². The van der Waals surface area contributed by atoms with Gasteiger partial charge in [0.05, 0.1) is 0 Å². The van der Waals surface area contributed by atoms with Crippen LogP contribution in [-0.2, 0) is 0 Å². The Balaban J connectivity index is 3.16. The molecule has 5 heteroatoms. The number of thioether (sulfide) groups is 2. The first-order valence-electron chi connectivity index (χ1n) is 5.30. The highest BCUT2D eigenvalue weighted by Gasteiger charge is 2.18. The van der Waals surface area contributed by atoms with Crippen molar-refractivity contribution in [2.75, 3.05) is 6.26 Å². The lowest BCUT2D eigenvalue weighted by Gasteiger charge is -2.12. The quantitative estimate of drug-likeness (QED) is 0.476. The molecule has 1 aromatic rings. The Labute approximate surface area is 117 Å². The molecule has 0 fully saturated rings. The molecule has 0 aliphatic heterocycles. The fourth-order valence-electron chi connectivity index (χ4n) is 1.42. The highest BCUT2D eigenvalue weighted by Crippen LogP contribution is 2.33. The van der Waals surface area contributed by atoms with E-state index < -0.39 is 7.12 Å². The van der Waals surface area contributed by atoms with Crippen LogP contribution in [0.25, 0.3) is 0 Å². The third-order valence-electron chi connectivity index (χ3n) is 2.20. The van der Waals surface area contributed by atoms with Crippen molar-refractivity contribution in [2.24, 2.45) is 0 Å². The summed E-state index contributed by atoms with van der Waals surface area (Å²) in [6.07, 6.45) is 7.23. The molecule has 0 saturated heterocycles. The number of hydrogen-bond acceptors (Lipinski definition) is 4. The fraction of sp³-hybridized carbons (Fsp3) is 0.0769. The Morgan fingerprint density at radius 2 is 2.06 bits per heavy atom. The maximum Gasteiger partial charge on any atom is 0.489 e. The molecule has 0 aliphatic rings. The summed E-state index contributed by atoms with van der Waals surface area (Å²) >= 11 is 3.02. The zero-order chi connectivity index (χ0) is 13.5. The van der Waals surface area contributed by atoms with Crippen LogP contribution in [0.2, 0.25) is 0 Å². The molecule has 0 radical (unpaired) electrons. The van der Waals surface area contributed by atoms with Gasteiger partial charge < -0.3 is 10.0 Å². The van der Waals surface area contributed by atoms with E-state index in [1.807, 2.05) is 24.5 Å². The SMILES string of the molecule is C=C/C=C(\C=C)Sc1cccc(B(O)O)c1SC. The van der Waals surface area contributed by atoms with Crippen LogP contribution < -0.4 is 5.46 Å². The molecule has 0 amide bonds. The van der Waals surface area contributed by atoms with Crippen molar-refractivity contribution >= 4 is 36.1 Å². The van der Waals surface area contributed by atoms with Crippen molar-refractivity contribution in [1.82, 2.24) is 0 Å². The van der Waals surface area contributed by atoms with Crippen molar-refractivity contribution < 1.29 is 10.0 Å². The van der Waals surface area contributed by atoms with E-state index in [1.54, 1.807) is 18.2 Å². The molecule has 18 heavy (non-hydrogen) atoms. The predicted molar refractivity (Wildman–Crippen MR) is 82.4 cm³/mol. The van der Waals surface area contributed by atoms with Gasteiger partial charge in [-0.25, -0.2) is 0 Å². The van der Waals surface area contributed by atoms with Crippen LogP contribution in [-0.4, -0.2) is 23.4 Å². The van der Waals surface area contributed by atoms with Gasteiger partial charge in [-0.15, -0.1) is 11.8 Å². The molecular formula is C13H15BO2S2. The smallest absolute Gasteiger partial charge is 0.423 e. The predicted octanol–water partition coefficient (Wildman–Crippen LogP) is 2.44. The molecule has 0 unspecified atom stereocenters. The van der Waals surface area contributed by atoms with E-state index in [9.17, 15) is 10.0 Å².